The lowest BCUT2D eigenvalue weighted by Gasteiger charge is -2.13. The molecule has 2 nitrogen and oxygen atoms in total. The van der Waals surface area contributed by atoms with Gasteiger partial charge in [0.2, 0.25) is 0 Å². The maximum absolute atomic E-state index is 5.90. The molecule has 0 aliphatic rings. The highest BCUT2D eigenvalue weighted by atomic mass is 16.5. The molecule has 0 radical (unpaired) electrons. The first-order valence-corrected chi connectivity index (χ1v) is 6.74. The second-order valence-electron chi connectivity index (χ2n) is 4.57. The van der Waals surface area contributed by atoms with Gasteiger partial charge < -0.3 is 10.5 Å². The van der Waals surface area contributed by atoms with E-state index in [1.54, 1.807) is 0 Å². The zero-order valence-electron chi connectivity index (χ0n) is 11.7. The second kappa shape index (κ2) is 7.49. The molecule has 0 aliphatic carbocycles. The number of rotatable bonds is 4. The van der Waals surface area contributed by atoms with Gasteiger partial charge in [-0.05, 0) is 30.2 Å². The highest BCUT2D eigenvalue weighted by molar-refractivity contribution is 5.37. The van der Waals surface area contributed by atoms with Crippen molar-refractivity contribution in [1.29, 1.82) is 0 Å². The molecule has 2 aromatic carbocycles. The summed E-state index contributed by atoms with van der Waals surface area (Å²) < 4.78 is 5.90. The fourth-order valence-electron chi connectivity index (χ4n) is 1.93. The molecule has 2 aromatic rings. The van der Waals surface area contributed by atoms with Gasteiger partial charge in [0, 0.05) is 5.56 Å². The van der Waals surface area contributed by atoms with E-state index in [0.29, 0.717) is 13.2 Å². The van der Waals surface area contributed by atoms with Gasteiger partial charge >= 0.3 is 0 Å². The van der Waals surface area contributed by atoms with Crippen LogP contribution in [0.1, 0.15) is 29.7 Å². The van der Waals surface area contributed by atoms with Crippen LogP contribution in [-0.2, 0) is 11.3 Å². The van der Waals surface area contributed by atoms with Gasteiger partial charge in [0.15, 0.2) is 0 Å². The minimum Gasteiger partial charge on any atom is -0.369 e. The minimum absolute atomic E-state index is 0.0787. The standard InChI is InChI=1S/C18H19NO/c1-15(18-10-3-2-4-11-18)20-14-17-8-5-7-16(13-17)9-6-12-19/h2-5,7-8,10-11,13,15H,12,14,19H2,1H3. The summed E-state index contributed by atoms with van der Waals surface area (Å²) in [6.45, 7) is 3.02. The average molecular weight is 265 g/mol. The quantitative estimate of drug-likeness (QED) is 0.861. The number of nitrogens with two attached hydrogens (primary N) is 1. The molecule has 0 aromatic heterocycles. The predicted molar refractivity (Wildman–Crippen MR) is 82.0 cm³/mol. The SMILES string of the molecule is CC(OCc1cccc(C#CCN)c1)c1ccccc1. The molecule has 2 N–H and O–H groups in total. The first-order valence-electron chi connectivity index (χ1n) is 6.74. The summed E-state index contributed by atoms with van der Waals surface area (Å²) in [4.78, 5) is 0. The molecular weight excluding hydrogens is 246 g/mol. The zero-order chi connectivity index (χ0) is 14.2. The summed E-state index contributed by atoms with van der Waals surface area (Å²) in [5.74, 6) is 5.89. The van der Waals surface area contributed by atoms with Crippen molar-refractivity contribution in [1.82, 2.24) is 0 Å². The van der Waals surface area contributed by atoms with E-state index >= 15 is 0 Å². The smallest absolute Gasteiger partial charge is 0.0801 e. The molecule has 2 heteroatoms. The van der Waals surface area contributed by atoms with E-state index in [9.17, 15) is 0 Å². The maximum Gasteiger partial charge on any atom is 0.0801 e. The maximum atomic E-state index is 5.90. The van der Waals surface area contributed by atoms with Crippen molar-refractivity contribution in [2.75, 3.05) is 6.54 Å². The molecule has 20 heavy (non-hydrogen) atoms. The van der Waals surface area contributed by atoms with Crippen molar-refractivity contribution in [2.24, 2.45) is 5.73 Å². The van der Waals surface area contributed by atoms with Crippen LogP contribution < -0.4 is 5.73 Å². The summed E-state index contributed by atoms with van der Waals surface area (Å²) in [6, 6.07) is 18.3. The van der Waals surface area contributed by atoms with Gasteiger partial charge in [-0.25, -0.2) is 0 Å². The van der Waals surface area contributed by atoms with E-state index < -0.39 is 0 Å². The number of ether oxygens (including phenoxy) is 1. The Morgan fingerprint density at radius 1 is 1.10 bits per heavy atom. The molecule has 0 heterocycles. The van der Waals surface area contributed by atoms with Gasteiger partial charge in [-0.15, -0.1) is 0 Å². The molecule has 0 fully saturated rings. The predicted octanol–water partition coefficient (Wildman–Crippen LogP) is 3.27. The van der Waals surface area contributed by atoms with Crippen molar-refractivity contribution < 1.29 is 4.74 Å². The zero-order valence-corrected chi connectivity index (χ0v) is 11.7. The Labute approximate surface area is 120 Å². The normalized spacial score (nSPS) is 11.5. The van der Waals surface area contributed by atoms with Gasteiger partial charge in [-0.2, -0.15) is 0 Å². The number of benzene rings is 2. The Kier molecular flexibility index (Phi) is 5.37. The summed E-state index contributed by atoms with van der Waals surface area (Å²) in [7, 11) is 0. The lowest BCUT2D eigenvalue weighted by Crippen LogP contribution is -2.00. The third-order valence-electron chi connectivity index (χ3n) is 3.03. The van der Waals surface area contributed by atoms with Crippen LogP contribution >= 0.6 is 0 Å². The van der Waals surface area contributed by atoms with E-state index in [2.05, 4.69) is 30.9 Å². The van der Waals surface area contributed by atoms with Crippen LogP contribution in [0.25, 0.3) is 0 Å². The third kappa shape index (κ3) is 4.24. The van der Waals surface area contributed by atoms with E-state index in [1.807, 2.05) is 42.5 Å². The Hall–Kier alpha value is -2.08. The highest BCUT2D eigenvalue weighted by Crippen LogP contribution is 2.18. The lowest BCUT2D eigenvalue weighted by molar-refractivity contribution is 0.0525. The van der Waals surface area contributed by atoms with Gasteiger partial charge in [0.1, 0.15) is 0 Å². The minimum atomic E-state index is 0.0787. The molecule has 0 aliphatic heterocycles. The van der Waals surface area contributed by atoms with E-state index in [4.69, 9.17) is 10.5 Å². The van der Waals surface area contributed by atoms with Gasteiger partial charge in [-0.3, -0.25) is 0 Å². The number of hydrogen-bond acceptors (Lipinski definition) is 2. The van der Waals surface area contributed by atoms with E-state index in [-0.39, 0.29) is 6.10 Å². The van der Waals surface area contributed by atoms with Crippen LogP contribution in [0, 0.1) is 11.8 Å². The van der Waals surface area contributed by atoms with Crippen LogP contribution in [0.4, 0.5) is 0 Å². The average Bonchev–Trinajstić information content (AvgIpc) is 2.52. The van der Waals surface area contributed by atoms with Gasteiger partial charge in [0.25, 0.3) is 0 Å². The van der Waals surface area contributed by atoms with Crippen molar-refractivity contribution in [3.05, 3.63) is 71.3 Å². The Bertz CT molecular complexity index is 596. The summed E-state index contributed by atoms with van der Waals surface area (Å²) in [6.07, 6.45) is 0.0787. The molecule has 1 atom stereocenters. The second-order valence-corrected chi connectivity index (χ2v) is 4.57. The lowest BCUT2D eigenvalue weighted by atomic mass is 10.1. The molecule has 1 unspecified atom stereocenters. The number of hydrogen-bond donors (Lipinski definition) is 1. The van der Waals surface area contributed by atoms with Crippen molar-refractivity contribution in [3.63, 3.8) is 0 Å². The Balaban J connectivity index is 1.97. The Morgan fingerprint density at radius 3 is 2.65 bits per heavy atom. The van der Waals surface area contributed by atoms with Crippen LogP contribution in [0.5, 0.6) is 0 Å². The molecule has 102 valence electrons. The van der Waals surface area contributed by atoms with Crippen molar-refractivity contribution >= 4 is 0 Å². The Morgan fingerprint density at radius 2 is 1.90 bits per heavy atom. The fraction of sp³-hybridized carbons (Fsp3) is 0.222. The van der Waals surface area contributed by atoms with Crippen LogP contribution in [-0.4, -0.2) is 6.54 Å². The first kappa shape index (κ1) is 14.3. The summed E-state index contributed by atoms with van der Waals surface area (Å²) >= 11 is 0. The molecule has 2 rings (SSSR count). The fourth-order valence-corrected chi connectivity index (χ4v) is 1.93. The van der Waals surface area contributed by atoms with Gasteiger partial charge in [0.05, 0.1) is 19.3 Å². The summed E-state index contributed by atoms with van der Waals surface area (Å²) in [5, 5.41) is 0. The highest BCUT2D eigenvalue weighted by Gasteiger charge is 2.05. The van der Waals surface area contributed by atoms with Crippen molar-refractivity contribution in [3.8, 4) is 11.8 Å². The van der Waals surface area contributed by atoms with Crippen LogP contribution in [0.3, 0.4) is 0 Å². The third-order valence-corrected chi connectivity index (χ3v) is 3.03. The molecule has 0 saturated heterocycles. The molecule has 0 amide bonds. The summed E-state index contributed by atoms with van der Waals surface area (Å²) in [5.41, 5.74) is 8.66. The topological polar surface area (TPSA) is 35.2 Å². The monoisotopic (exact) mass is 265 g/mol. The van der Waals surface area contributed by atoms with E-state index in [1.165, 1.54) is 5.56 Å². The molecular formula is C18H19NO. The molecule has 0 bridgehead atoms. The first-order chi connectivity index (χ1) is 9.79. The van der Waals surface area contributed by atoms with E-state index in [0.717, 1.165) is 11.1 Å². The largest absolute Gasteiger partial charge is 0.369 e. The van der Waals surface area contributed by atoms with Crippen molar-refractivity contribution in [2.45, 2.75) is 19.6 Å². The van der Waals surface area contributed by atoms with Gasteiger partial charge in [-0.1, -0.05) is 54.3 Å². The van der Waals surface area contributed by atoms with Crippen LogP contribution in [0.15, 0.2) is 54.6 Å². The van der Waals surface area contributed by atoms with Crippen LogP contribution in [0.2, 0.25) is 0 Å². The molecule has 0 spiro atoms. The molecule has 0 saturated carbocycles.